The highest BCUT2D eigenvalue weighted by Gasteiger charge is 2.13. The molecule has 1 aromatic carbocycles. The van der Waals surface area contributed by atoms with E-state index < -0.39 is 5.82 Å². The van der Waals surface area contributed by atoms with Crippen molar-refractivity contribution in [3.8, 4) is 0 Å². The molecule has 1 heterocycles. The highest BCUT2D eigenvalue weighted by atomic mass is 79.9. The lowest BCUT2D eigenvalue weighted by Crippen LogP contribution is -2.10. The monoisotopic (exact) mass is 409 g/mol. The van der Waals surface area contributed by atoms with Crippen LogP contribution in [0.25, 0.3) is 0 Å². The van der Waals surface area contributed by atoms with Crippen LogP contribution in [-0.4, -0.2) is 9.97 Å². The molecule has 0 bridgehead atoms. The fourth-order valence-electron chi connectivity index (χ4n) is 1.34. The third-order valence-corrected chi connectivity index (χ3v) is 3.85. The van der Waals surface area contributed by atoms with Gasteiger partial charge in [0.25, 0.3) is 0 Å². The molecule has 0 aliphatic carbocycles. The predicted molar refractivity (Wildman–Crippen MR) is 79.9 cm³/mol. The van der Waals surface area contributed by atoms with Crippen molar-refractivity contribution in [3.63, 3.8) is 0 Å². The maximum atomic E-state index is 13.1. The number of hydrogen-bond donors (Lipinski definition) is 3. The van der Waals surface area contributed by atoms with Gasteiger partial charge in [-0.15, -0.1) is 0 Å². The Morgan fingerprint density at radius 1 is 1.21 bits per heavy atom. The van der Waals surface area contributed by atoms with Crippen molar-refractivity contribution in [1.82, 2.24) is 9.97 Å². The van der Waals surface area contributed by atoms with Gasteiger partial charge in [-0.2, -0.15) is 0 Å². The smallest absolute Gasteiger partial charge is 0.159 e. The summed E-state index contributed by atoms with van der Waals surface area (Å²) in [6, 6.07) is 2.50. The van der Waals surface area contributed by atoms with Crippen LogP contribution in [0.1, 0.15) is 0 Å². The molecular weight excluding hydrogens is 404 g/mol. The minimum atomic E-state index is -0.437. The Bertz CT molecular complexity index is 602. The predicted octanol–water partition coefficient (Wildman–Crippen LogP) is 3.82. The number of nitrogens with zero attached hydrogens (tertiary/aromatic N) is 2. The van der Waals surface area contributed by atoms with Crippen LogP contribution in [0, 0.1) is 5.82 Å². The van der Waals surface area contributed by atoms with E-state index in [1.165, 1.54) is 18.5 Å². The zero-order valence-corrected chi connectivity index (χ0v) is 13.1. The number of aromatic nitrogens is 2. The second kappa shape index (κ2) is 6.00. The van der Waals surface area contributed by atoms with Crippen molar-refractivity contribution >= 4 is 60.8 Å². The summed E-state index contributed by atoms with van der Waals surface area (Å²) in [6.45, 7) is 0. The Kier molecular flexibility index (Phi) is 4.56. The second-order valence-corrected chi connectivity index (χ2v) is 5.45. The van der Waals surface area contributed by atoms with Crippen LogP contribution in [0.2, 0.25) is 5.02 Å². The summed E-state index contributed by atoms with van der Waals surface area (Å²) in [5, 5.41) is 3.19. The first-order valence-electron chi connectivity index (χ1n) is 4.91. The topological polar surface area (TPSA) is 75.9 Å². The summed E-state index contributed by atoms with van der Waals surface area (Å²) in [6.07, 6.45) is 1.33. The zero-order chi connectivity index (χ0) is 14.0. The van der Waals surface area contributed by atoms with Crippen LogP contribution < -0.4 is 16.6 Å². The molecule has 0 aliphatic rings. The summed E-state index contributed by atoms with van der Waals surface area (Å²) in [5.41, 5.74) is 2.91. The van der Waals surface area contributed by atoms with E-state index in [0.29, 0.717) is 26.3 Å². The van der Waals surface area contributed by atoms with Gasteiger partial charge in [0, 0.05) is 4.47 Å². The van der Waals surface area contributed by atoms with Crippen LogP contribution in [0.15, 0.2) is 27.4 Å². The highest BCUT2D eigenvalue weighted by molar-refractivity contribution is 9.11. The van der Waals surface area contributed by atoms with Gasteiger partial charge in [-0.1, -0.05) is 11.6 Å². The first kappa shape index (κ1) is 14.4. The van der Waals surface area contributed by atoms with Crippen molar-refractivity contribution in [1.29, 1.82) is 0 Å². The number of nitrogen functional groups attached to an aromatic ring is 1. The van der Waals surface area contributed by atoms with Gasteiger partial charge in [0.2, 0.25) is 0 Å². The minimum absolute atomic E-state index is 0.222. The van der Waals surface area contributed by atoms with E-state index in [1.54, 1.807) is 0 Å². The molecule has 0 fully saturated rings. The van der Waals surface area contributed by atoms with Gasteiger partial charge in [-0.05, 0) is 44.0 Å². The van der Waals surface area contributed by atoms with Crippen molar-refractivity contribution < 1.29 is 4.39 Å². The molecule has 0 radical (unpaired) electrons. The molecule has 0 saturated carbocycles. The maximum Gasteiger partial charge on any atom is 0.159 e. The van der Waals surface area contributed by atoms with E-state index in [4.69, 9.17) is 17.4 Å². The standard InChI is InChI=1S/C10H7Br2ClFN5/c11-5-1-4(14)2-6(13)8(5)18-9-7(12)10(19-15)17-3-16-9/h1-3H,15H2,(H2,16,17,18,19). The van der Waals surface area contributed by atoms with Crippen molar-refractivity contribution in [3.05, 3.63) is 38.2 Å². The lowest BCUT2D eigenvalue weighted by molar-refractivity contribution is 0.627. The number of anilines is 3. The number of hydrazine groups is 1. The first-order valence-corrected chi connectivity index (χ1v) is 6.88. The van der Waals surface area contributed by atoms with Gasteiger partial charge in [0.15, 0.2) is 5.82 Å². The number of rotatable bonds is 3. The Hall–Kier alpha value is -0.960. The summed E-state index contributed by atoms with van der Waals surface area (Å²) in [5.74, 6) is 5.72. The van der Waals surface area contributed by atoms with Gasteiger partial charge in [0.05, 0.1) is 10.7 Å². The summed E-state index contributed by atoms with van der Waals surface area (Å²) in [7, 11) is 0. The summed E-state index contributed by atoms with van der Waals surface area (Å²) in [4.78, 5) is 7.97. The summed E-state index contributed by atoms with van der Waals surface area (Å²) < 4.78 is 14.2. The van der Waals surface area contributed by atoms with Crippen LogP contribution in [0.5, 0.6) is 0 Å². The van der Waals surface area contributed by atoms with Gasteiger partial charge < -0.3 is 10.7 Å². The van der Waals surface area contributed by atoms with Crippen LogP contribution in [0.3, 0.4) is 0 Å². The molecule has 1 aromatic heterocycles. The SMILES string of the molecule is NNc1ncnc(Nc2c(Cl)cc(F)cc2Br)c1Br. The van der Waals surface area contributed by atoms with E-state index in [0.717, 1.165) is 0 Å². The van der Waals surface area contributed by atoms with Gasteiger partial charge >= 0.3 is 0 Å². The Balaban J connectivity index is 2.42. The van der Waals surface area contributed by atoms with E-state index in [9.17, 15) is 4.39 Å². The molecule has 9 heteroatoms. The average molecular weight is 411 g/mol. The van der Waals surface area contributed by atoms with Crippen molar-refractivity contribution in [2.24, 2.45) is 5.84 Å². The van der Waals surface area contributed by atoms with Crippen LogP contribution >= 0.6 is 43.5 Å². The Morgan fingerprint density at radius 2 is 1.89 bits per heavy atom. The molecule has 5 nitrogen and oxygen atoms in total. The van der Waals surface area contributed by atoms with Crippen LogP contribution in [0.4, 0.5) is 21.7 Å². The normalized spacial score (nSPS) is 10.4. The summed E-state index contributed by atoms with van der Waals surface area (Å²) >= 11 is 12.5. The molecule has 4 N–H and O–H groups in total. The lowest BCUT2D eigenvalue weighted by Gasteiger charge is -2.12. The fourth-order valence-corrected chi connectivity index (χ4v) is 2.65. The number of hydrogen-bond acceptors (Lipinski definition) is 5. The molecule has 0 atom stereocenters. The van der Waals surface area contributed by atoms with E-state index in [1.807, 2.05) is 0 Å². The molecule has 2 rings (SSSR count). The molecular formula is C10H7Br2ClFN5. The molecule has 19 heavy (non-hydrogen) atoms. The van der Waals surface area contributed by atoms with Gasteiger partial charge in [-0.25, -0.2) is 20.2 Å². The molecule has 2 aromatic rings. The van der Waals surface area contributed by atoms with Gasteiger partial charge in [-0.3, -0.25) is 0 Å². The molecule has 0 saturated heterocycles. The largest absolute Gasteiger partial charge is 0.337 e. The van der Waals surface area contributed by atoms with Gasteiger partial charge in [0.1, 0.15) is 22.4 Å². The van der Waals surface area contributed by atoms with E-state index in [2.05, 4.69) is 52.6 Å². The number of halogens is 4. The van der Waals surface area contributed by atoms with Crippen molar-refractivity contribution in [2.45, 2.75) is 0 Å². The second-order valence-electron chi connectivity index (χ2n) is 3.40. The van der Waals surface area contributed by atoms with E-state index in [-0.39, 0.29) is 5.02 Å². The fraction of sp³-hybridized carbons (Fsp3) is 0. The lowest BCUT2D eigenvalue weighted by atomic mass is 10.3. The van der Waals surface area contributed by atoms with E-state index >= 15 is 0 Å². The molecule has 0 spiro atoms. The molecule has 100 valence electrons. The number of nitrogens with two attached hydrogens (primary N) is 1. The average Bonchev–Trinajstić information content (AvgIpc) is 2.35. The number of nitrogens with one attached hydrogen (secondary N) is 2. The van der Waals surface area contributed by atoms with Crippen molar-refractivity contribution in [2.75, 3.05) is 10.7 Å². The third-order valence-electron chi connectivity index (χ3n) is 2.18. The molecule has 0 aliphatic heterocycles. The number of benzene rings is 1. The first-order chi connectivity index (χ1) is 9.02. The third kappa shape index (κ3) is 3.14. The molecule has 0 unspecified atom stereocenters. The maximum absolute atomic E-state index is 13.1. The van der Waals surface area contributed by atoms with Crippen LogP contribution in [-0.2, 0) is 0 Å². The highest BCUT2D eigenvalue weighted by Crippen LogP contribution is 2.36. The quantitative estimate of drug-likeness (QED) is 0.529. The Labute approximate surface area is 130 Å². The molecule has 0 amide bonds. The zero-order valence-electron chi connectivity index (χ0n) is 9.22. The Morgan fingerprint density at radius 3 is 2.53 bits per heavy atom. The minimum Gasteiger partial charge on any atom is -0.337 e.